The third-order valence-corrected chi connectivity index (χ3v) is 2.94. The molecule has 128 valence electrons. The van der Waals surface area contributed by atoms with Gasteiger partial charge in [0.05, 0.1) is 5.92 Å². The summed E-state index contributed by atoms with van der Waals surface area (Å²) in [4.78, 5) is 43.1. The number of esters is 1. The molecule has 1 aromatic rings. The summed E-state index contributed by atoms with van der Waals surface area (Å²) in [7, 11) is 0. The molecule has 0 saturated carbocycles. The summed E-state index contributed by atoms with van der Waals surface area (Å²) < 4.78 is 10.3. The number of carboxylic acid groups (broad SMARTS) is 1. The van der Waals surface area contributed by atoms with E-state index in [2.05, 4.69) is 0 Å². The number of ketones is 1. The zero-order chi connectivity index (χ0) is 17.9. The highest BCUT2D eigenvalue weighted by molar-refractivity contribution is 6.25. The van der Waals surface area contributed by atoms with Gasteiger partial charge >= 0.3 is 11.9 Å². The van der Waals surface area contributed by atoms with Crippen LogP contribution in [0.1, 0.15) is 18.9 Å². The maximum atomic E-state index is 11.6. The molecule has 0 heterocycles. The number of aldehydes is 1. The molecule has 24 heavy (non-hydrogen) atoms. The lowest BCUT2D eigenvalue weighted by Gasteiger charge is -2.10. The van der Waals surface area contributed by atoms with E-state index in [4.69, 9.17) is 14.6 Å². The Kier molecular flexibility index (Phi) is 7.90. The van der Waals surface area contributed by atoms with Gasteiger partial charge in [0.2, 0.25) is 0 Å². The zero-order valence-corrected chi connectivity index (χ0v) is 13.1. The van der Waals surface area contributed by atoms with Crippen LogP contribution in [-0.2, 0) is 23.9 Å². The first-order valence-corrected chi connectivity index (χ1v) is 7.21. The van der Waals surface area contributed by atoms with Gasteiger partial charge in [-0.2, -0.15) is 0 Å². The summed E-state index contributed by atoms with van der Waals surface area (Å²) in [5, 5.41) is 8.53. The van der Waals surface area contributed by atoms with E-state index in [1.807, 2.05) is 0 Å². The van der Waals surface area contributed by atoms with Crippen LogP contribution in [-0.4, -0.2) is 42.3 Å². The molecule has 0 aliphatic heterocycles. The second-order valence-corrected chi connectivity index (χ2v) is 4.95. The summed E-state index contributed by atoms with van der Waals surface area (Å²) >= 11 is 0. The van der Waals surface area contributed by atoms with Crippen LogP contribution in [0.4, 0.5) is 0 Å². The molecule has 1 unspecified atom stereocenters. The molecule has 1 rings (SSSR count). The molecule has 1 aromatic carbocycles. The van der Waals surface area contributed by atoms with Crippen molar-refractivity contribution in [3.8, 4) is 5.75 Å². The van der Waals surface area contributed by atoms with Crippen molar-refractivity contribution in [1.29, 1.82) is 0 Å². The van der Waals surface area contributed by atoms with Gasteiger partial charge in [0.15, 0.2) is 12.1 Å². The highest BCUT2D eigenvalue weighted by atomic mass is 16.6. The minimum atomic E-state index is -1.03. The van der Waals surface area contributed by atoms with E-state index in [0.29, 0.717) is 11.3 Å². The highest BCUT2D eigenvalue weighted by Gasteiger charge is 2.17. The molecule has 0 aliphatic carbocycles. The minimum absolute atomic E-state index is 0.0130. The Balaban J connectivity index is 2.32. The van der Waals surface area contributed by atoms with E-state index >= 15 is 0 Å². The van der Waals surface area contributed by atoms with Crippen molar-refractivity contribution in [2.24, 2.45) is 5.92 Å². The Bertz CT molecular complexity index is 616. The SMILES string of the molecule is CC(CC(=O)C=O)C(=O)OCCOc1ccc(C=CC(=O)O)cc1. The van der Waals surface area contributed by atoms with Crippen LogP contribution in [0.25, 0.3) is 6.08 Å². The van der Waals surface area contributed by atoms with Gasteiger partial charge in [-0.05, 0) is 23.8 Å². The highest BCUT2D eigenvalue weighted by Crippen LogP contribution is 2.13. The number of ether oxygens (including phenoxy) is 2. The van der Waals surface area contributed by atoms with Gasteiger partial charge < -0.3 is 14.6 Å². The molecule has 7 heteroatoms. The van der Waals surface area contributed by atoms with Crippen LogP contribution < -0.4 is 4.74 Å². The van der Waals surface area contributed by atoms with Crippen molar-refractivity contribution < 1.29 is 33.8 Å². The maximum absolute atomic E-state index is 11.6. The monoisotopic (exact) mass is 334 g/mol. The topological polar surface area (TPSA) is 107 Å². The number of carbonyl (C=O) groups excluding carboxylic acids is 3. The number of benzene rings is 1. The van der Waals surface area contributed by atoms with Crippen LogP contribution in [0.15, 0.2) is 30.3 Å². The standard InChI is InChI=1S/C17H18O7/c1-12(10-14(19)11-18)17(22)24-9-8-23-15-5-2-13(3-6-15)4-7-16(20)21/h2-7,11-12H,8-10H2,1H3,(H,20,21). The van der Waals surface area contributed by atoms with Gasteiger partial charge in [0.25, 0.3) is 0 Å². The zero-order valence-electron chi connectivity index (χ0n) is 13.1. The van der Waals surface area contributed by atoms with E-state index in [0.717, 1.165) is 6.08 Å². The summed E-state index contributed by atoms with van der Waals surface area (Å²) in [6.45, 7) is 1.65. The van der Waals surface area contributed by atoms with Crippen molar-refractivity contribution in [3.63, 3.8) is 0 Å². The second-order valence-electron chi connectivity index (χ2n) is 4.95. The Morgan fingerprint density at radius 2 is 1.83 bits per heavy atom. The maximum Gasteiger partial charge on any atom is 0.328 e. The van der Waals surface area contributed by atoms with Crippen molar-refractivity contribution >= 4 is 30.1 Å². The molecule has 1 N–H and O–H groups in total. The first-order chi connectivity index (χ1) is 11.4. The Morgan fingerprint density at radius 1 is 1.17 bits per heavy atom. The van der Waals surface area contributed by atoms with Crippen molar-refractivity contribution in [3.05, 3.63) is 35.9 Å². The molecule has 0 amide bonds. The average Bonchev–Trinajstić information content (AvgIpc) is 2.57. The smallest absolute Gasteiger partial charge is 0.328 e. The largest absolute Gasteiger partial charge is 0.490 e. The van der Waals surface area contributed by atoms with Crippen LogP contribution in [0.5, 0.6) is 5.75 Å². The fourth-order valence-corrected chi connectivity index (χ4v) is 1.72. The number of rotatable bonds is 10. The molecule has 1 atom stereocenters. The third-order valence-electron chi connectivity index (χ3n) is 2.94. The summed E-state index contributed by atoms with van der Waals surface area (Å²) in [5.74, 6) is -2.37. The molecule has 0 fully saturated rings. The Labute approximate surface area is 138 Å². The molecule has 0 radical (unpaired) electrons. The van der Waals surface area contributed by atoms with Gasteiger partial charge in [-0.1, -0.05) is 19.1 Å². The van der Waals surface area contributed by atoms with E-state index in [-0.39, 0.29) is 25.9 Å². The molecular formula is C17H18O7. The molecular weight excluding hydrogens is 316 g/mol. The van der Waals surface area contributed by atoms with Crippen molar-refractivity contribution in [1.82, 2.24) is 0 Å². The molecule has 0 saturated heterocycles. The minimum Gasteiger partial charge on any atom is -0.490 e. The van der Waals surface area contributed by atoms with Gasteiger partial charge in [-0.25, -0.2) is 4.79 Å². The lowest BCUT2D eigenvalue weighted by molar-refractivity contribution is -0.150. The lowest BCUT2D eigenvalue weighted by atomic mass is 10.1. The van der Waals surface area contributed by atoms with E-state index < -0.39 is 23.6 Å². The first-order valence-electron chi connectivity index (χ1n) is 7.21. The summed E-state index contributed by atoms with van der Waals surface area (Å²) in [5.41, 5.74) is 0.713. The van der Waals surface area contributed by atoms with Crippen LogP contribution in [0.2, 0.25) is 0 Å². The number of Topliss-reactive ketones (excluding diaryl/α,β-unsaturated/α-hetero) is 1. The van der Waals surface area contributed by atoms with Crippen molar-refractivity contribution in [2.45, 2.75) is 13.3 Å². The van der Waals surface area contributed by atoms with E-state index in [1.165, 1.54) is 13.0 Å². The van der Waals surface area contributed by atoms with E-state index in [1.54, 1.807) is 24.3 Å². The summed E-state index contributed by atoms with van der Waals surface area (Å²) in [6.07, 6.45) is 2.50. The fraction of sp³-hybridized carbons (Fsp3) is 0.294. The molecule has 7 nitrogen and oxygen atoms in total. The number of hydrogen-bond acceptors (Lipinski definition) is 6. The number of carbonyl (C=O) groups is 4. The molecule has 0 spiro atoms. The van der Waals surface area contributed by atoms with Crippen LogP contribution >= 0.6 is 0 Å². The van der Waals surface area contributed by atoms with Gasteiger partial charge in [0.1, 0.15) is 19.0 Å². The number of aliphatic carboxylic acids is 1. The van der Waals surface area contributed by atoms with Crippen molar-refractivity contribution in [2.75, 3.05) is 13.2 Å². The third kappa shape index (κ3) is 7.35. The molecule has 0 aromatic heterocycles. The normalized spacial score (nSPS) is 11.7. The first kappa shape index (κ1) is 19.1. The predicted octanol–water partition coefficient (Wildman–Crippen LogP) is 1.50. The Morgan fingerprint density at radius 3 is 2.42 bits per heavy atom. The molecule has 0 bridgehead atoms. The van der Waals surface area contributed by atoms with Gasteiger partial charge in [0, 0.05) is 12.5 Å². The van der Waals surface area contributed by atoms with Gasteiger partial charge in [-0.15, -0.1) is 0 Å². The fourth-order valence-electron chi connectivity index (χ4n) is 1.72. The second kappa shape index (κ2) is 9.94. The quantitative estimate of drug-likeness (QED) is 0.227. The van der Waals surface area contributed by atoms with Crippen LogP contribution in [0.3, 0.4) is 0 Å². The van der Waals surface area contributed by atoms with Gasteiger partial charge in [-0.3, -0.25) is 14.4 Å². The predicted molar refractivity (Wildman–Crippen MR) is 84.4 cm³/mol. The lowest BCUT2D eigenvalue weighted by Crippen LogP contribution is -2.21. The number of carboxylic acids is 1. The molecule has 0 aliphatic rings. The average molecular weight is 334 g/mol. The Hall–Kier alpha value is -2.96. The number of hydrogen-bond donors (Lipinski definition) is 1. The van der Waals surface area contributed by atoms with Crippen LogP contribution in [0, 0.1) is 5.92 Å². The van der Waals surface area contributed by atoms with E-state index in [9.17, 15) is 19.2 Å². The summed E-state index contributed by atoms with van der Waals surface area (Å²) in [6, 6.07) is 6.70.